The molecule has 0 bridgehead atoms. The van der Waals surface area contributed by atoms with Gasteiger partial charge in [-0.1, -0.05) is 6.42 Å². The Labute approximate surface area is 146 Å². The van der Waals surface area contributed by atoms with E-state index in [4.69, 9.17) is 11.0 Å². The third-order valence-electron chi connectivity index (χ3n) is 4.61. The van der Waals surface area contributed by atoms with Gasteiger partial charge in [0.2, 0.25) is 0 Å². The van der Waals surface area contributed by atoms with Crippen LogP contribution < -0.4 is 11.1 Å². The minimum atomic E-state index is -0.243. The van der Waals surface area contributed by atoms with Crippen LogP contribution in [0.15, 0.2) is 30.5 Å². The van der Waals surface area contributed by atoms with Crippen molar-refractivity contribution in [1.82, 2.24) is 15.1 Å². The number of carbonyl (C=O) groups excluding carboxylic acids is 1. The van der Waals surface area contributed by atoms with Crippen molar-refractivity contribution in [2.24, 2.45) is 5.92 Å². The van der Waals surface area contributed by atoms with E-state index in [9.17, 15) is 9.90 Å². The van der Waals surface area contributed by atoms with Crippen molar-refractivity contribution in [2.75, 3.05) is 12.3 Å². The molecule has 7 nitrogen and oxygen atoms in total. The number of nitrogens with one attached hydrogen (secondary N) is 1. The zero-order valence-electron chi connectivity index (χ0n) is 13.9. The number of aliphatic hydroxyl groups excluding tert-OH is 1. The van der Waals surface area contributed by atoms with Crippen molar-refractivity contribution < 1.29 is 9.90 Å². The summed E-state index contributed by atoms with van der Waals surface area (Å²) in [7, 11) is 0. The number of nitriles is 1. The van der Waals surface area contributed by atoms with Gasteiger partial charge in [0, 0.05) is 12.1 Å². The molecule has 1 aromatic heterocycles. The van der Waals surface area contributed by atoms with Crippen molar-refractivity contribution >= 4 is 11.7 Å². The molecule has 2 atom stereocenters. The van der Waals surface area contributed by atoms with E-state index in [0.29, 0.717) is 29.3 Å². The lowest BCUT2D eigenvalue weighted by atomic mass is 9.87. The summed E-state index contributed by atoms with van der Waals surface area (Å²) in [5.41, 5.74) is 7.41. The maximum atomic E-state index is 12.3. The van der Waals surface area contributed by atoms with Gasteiger partial charge < -0.3 is 16.2 Å². The number of aliphatic hydroxyl groups is 1. The Morgan fingerprint density at radius 2 is 2.16 bits per heavy atom. The maximum absolute atomic E-state index is 12.3. The summed E-state index contributed by atoms with van der Waals surface area (Å²) >= 11 is 0. The van der Waals surface area contributed by atoms with E-state index in [2.05, 4.69) is 10.4 Å². The molecule has 1 amide bonds. The van der Waals surface area contributed by atoms with Gasteiger partial charge in [-0.3, -0.25) is 4.79 Å². The number of amides is 1. The number of carbonyl (C=O) groups is 1. The fourth-order valence-electron chi connectivity index (χ4n) is 3.19. The van der Waals surface area contributed by atoms with Gasteiger partial charge >= 0.3 is 0 Å². The van der Waals surface area contributed by atoms with Crippen LogP contribution in [0.25, 0.3) is 5.69 Å². The summed E-state index contributed by atoms with van der Waals surface area (Å²) in [4.78, 5) is 12.3. The van der Waals surface area contributed by atoms with Crippen molar-refractivity contribution in [2.45, 2.75) is 31.8 Å². The number of aromatic nitrogens is 2. The van der Waals surface area contributed by atoms with E-state index in [-0.39, 0.29) is 17.8 Å². The monoisotopic (exact) mass is 339 g/mol. The first kappa shape index (κ1) is 17.0. The second-order valence-corrected chi connectivity index (χ2v) is 6.41. The highest BCUT2D eigenvalue weighted by Gasteiger charge is 2.20. The van der Waals surface area contributed by atoms with Crippen LogP contribution in [0.1, 0.15) is 41.6 Å². The van der Waals surface area contributed by atoms with E-state index in [1.165, 1.54) is 10.9 Å². The third-order valence-corrected chi connectivity index (χ3v) is 4.61. The molecule has 4 N–H and O–H groups in total. The molecule has 1 aliphatic rings. The van der Waals surface area contributed by atoms with Crippen molar-refractivity contribution in [1.29, 1.82) is 5.26 Å². The van der Waals surface area contributed by atoms with Crippen LogP contribution in [0.5, 0.6) is 0 Å². The first-order chi connectivity index (χ1) is 12.1. The third kappa shape index (κ3) is 3.80. The Hall–Kier alpha value is -2.85. The van der Waals surface area contributed by atoms with Crippen LogP contribution in [0, 0.1) is 17.2 Å². The number of benzene rings is 1. The molecule has 2 unspecified atom stereocenters. The van der Waals surface area contributed by atoms with E-state index < -0.39 is 0 Å². The van der Waals surface area contributed by atoms with Crippen LogP contribution in [-0.2, 0) is 0 Å². The number of nitrogens with two attached hydrogens (primary N) is 1. The first-order valence-corrected chi connectivity index (χ1v) is 8.38. The van der Waals surface area contributed by atoms with E-state index >= 15 is 0 Å². The van der Waals surface area contributed by atoms with Crippen LogP contribution in [0.3, 0.4) is 0 Å². The van der Waals surface area contributed by atoms with Gasteiger partial charge in [-0.05, 0) is 49.4 Å². The van der Waals surface area contributed by atoms with Crippen molar-refractivity contribution in [3.8, 4) is 11.8 Å². The smallest absolute Gasteiger partial charge is 0.251 e. The highest BCUT2D eigenvalue weighted by Crippen LogP contribution is 2.23. The van der Waals surface area contributed by atoms with Crippen LogP contribution >= 0.6 is 0 Å². The lowest BCUT2D eigenvalue weighted by molar-refractivity contribution is 0.0874. The summed E-state index contributed by atoms with van der Waals surface area (Å²) in [6.07, 6.45) is 4.82. The van der Waals surface area contributed by atoms with Crippen LogP contribution in [0.2, 0.25) is 0 Å². The van der Waals surface area contributed by atoms with Crippen LogP contribution in [-0.4, -0.2) is 33.4 Å². The fourth-order valence-corrected chi connectivity index (χ4v) is 3.19. The standard InChI is InChI=1S/C18H21N5O2/c19-9-14-11-22-23(17(14)20)15-6-4-13(5-7-15)18(25)21-10-12-2-1-3-16(24)8-12/h4-7,11-12,16,24H,1-3,8,10,20H2,(H,21,25). The summed E-state index contributed by atoms with van der Waals surface area (Å²) in [6, 6.07) is 8.86. The molecule has 7 heteroatoms. The molecule has 0 aliphatic heterocycles. The van der Waals surface area contributed by atoms with Gasteiger partial charge in [-0.2, -0.15) is 10.4 Å². The number of nitrogen functional groups attached to an aromatic ring is 1. The second-order valence-electron chi connectivity index (χ2n) is 6.41. The van der Waals surface area contributed by atoms with E-state index in [1.54, 1.807) is 24.3 Å². The SMILES string of the molecule is N#Cc1cnn(-c2ccc(C(=O)NCC3CCCC(O)C3)cc2)c1N. The van der Waals surface area contributed by atoms with Crippen molar-refractivity contribution in [3.05, 3.63) is 41.6 Å². The quantitative estimate of drug-likeness (QED) is 0.782. The van der Waals surface area contributed by atoms with Crippen LogP contribution in [0.4, 0.5) is 5.82 Å². The van der Waals surface area contributed by atoms with Gasteiger partial charge in [-0.25, -0.2) is 4.68 Å². The molecule has 1 fully saturated rings. The molecule has 130 valence electrons. The van der Waals surface area contributed by atoms with Gasteiger partial charge in [0.25, 0.3) is 5.91 Å². The maximum Gasteiger partial charge on any atom is 0.251 e. The second kappa shape index (κ2) is 7.36. The molecular weight excluding hydrogens is 318 g/mol. The number of anilines is 1. The summed E-state index contributed by atoms with van der Waals surface area (Å²) in [6.45, 7) is 0.579. The van der Waals surface area contributed by atoms with Gasteiger partial charge in [0.15, 0.2) is 0 Å². The van der Waals surface area contributed by atoms with Gasteiger partial charge in [0.1, 0.15) is 17.5 Å². The zero-order chi connectivity index (χ0) is 17.8. The highest BCUT2D eigenvalue weighted by molar-refractivity contribution is 5.94. The zero-order valence-corrected chi connectivity index (χ0v) is 13.9. The molecule has 0 saturated heterocycles. The van der Waals surface area contributed by atoms with E-state index in [1.807, 2.05) is 6.07 Å². The normalized spacial score (nSPS) is 20.0. The number of hydrogen-bond acceptors (Lipinski definition) is 5. The predicted octanol–water partition coefficient (Wildman–Crippen LogP) is 1.61. The molecular formula is C18H21N5O2. The fraction of sp³-hybridized carbons (Fsp3) is 0.389. The Kier molecular flexibility index (Phi) is 5.00. The Morgan fingerprint density at radius 1 is 1.40 bits per heavy atom. The molecule has 2 aromatic rings. The number of hydrogen-bond donors (Lipinski definition) is 3. The van der Waals surface area contributed by atoms with Gasteiger partial charge in [-0.15, -0.1) is 0 Å². The predicted molar refractivity (Wildman–Crippen MR) is 93.0 cm³/mol. The number of nitrogens with zero attached hydrogens (tertiary/aromatic N) is 3. The molecule has 3 rings (SSSR count). The summed E-state index contributed by atoms with van der Waals surface area (Å²) in [5.74, 6) is 0.466. The average Bonchev–Trinajstić information content (AvgIpc) is 3.00. The molecule has 25 heavy (non-hydrogen) atoms. The lowest BCUT2D eigenvalue weighted by Gasteiger charge is -2.25. The highest BCUT2D eigenvalue weighted by atomic mass is 16.3. The lowest BCUT2D eigenvalue weighted by Crippen LogP contribution is -2.32. The Morgan fingerprint density at radius 3 is 2.80 bits per heavy atom. The summed E-state index contributed by atoms with van der Waals surface area (Å²) in [5, 5.41) is 25.6. The largest absolute Gasteiger partial charge is 0.393 e. The molecule has 1 heterocycles. The summed E-state index contributed by atoms with van der Waals surface area (Å²) < 4.78 is 1.46. The molecule has 0 spiro atoms. The molecule has 1 aliphatic carbocycles. The molecule has 1 aromatic carbocycles. The minimum Gasteiger partial charge on any atom is -0.393 e. The van der Waals surface area contributed by atoms with Crippen molar-refractivity contribution in [3.63, 3.8) is 0 Å². The Balaban J connectivity index is 1.62. The topological polar surface area (TPSA) is 117 Å². The first-order valence-electron chi connectivity index (χ1n) is 8.38. The minimum absolute atomic E-state index is 0.141. The number of rotatable bonds is 4. The average molecular weight is 339 g/mol. The molecule has 0 radical (unpaired) electrons. The molecule has 1 saturated carbocycles. The van der Waals surface area contributed by atoms with E-state index in [0.717, 1.165) is 25.7 Å². The Bertz CT molecular complexity index is 791. The van der Waals surface area contributed by atoms with Gasteiger partial charge in [0.05, 0.1) is 18.0 Å².